The molecule has 0 N–H and O–H groups in total. The predicted molar refractivity (Wildman–Crippen MR) is 97.3 cm³/mol. The molecular weight excluding hydrogens is 319 g/mol. The van der Waals surface area contributed by atoms with E-state index in [1.165, 1.54) is 6.07 Å². The van der Waals surface area contributed by atoms with Crippen molar-refractivity contribution in [1.82, 2.24) is 0 Å². The van der Waals surface area contributed by atoms with Gasteiger partial charge in [0.25, 0.3) is 0 Å². The highest BCUT2D eigenvalue weighted by atomic mass is 19.1. The molecule has 4 heteroatoms. The third-order valence-corrected chi connectivity index (χ3v) is 4.55. The summed E-state index contributed by atoms with van der Waals surface area (Å²) in [7, 11) is 1.57. The Labute approximate surface area is 148 Å². The summed E-state index contributed by atoms with van der Waals surface area (Å²) in [6, 6.07) is 7.37. The van der Waals surface area contributed by atoms with E-state index < -0.39 is 0 Å². The highest BCUT2D eigenvalue weighted by Gasteiger charge is 2.27. The second-order valence-corrected chi connectivity index (χ2v) is 7.73. The molecule has 134 valence electrons. The van der Waals surface area contributed by atoms with E-state index in [4.69, 9.17) is 14.2 Å². The third kappa shape index (κ3) is 3.17. The van der Waals surface area contributed by atoms with Crippen molar-refractivity contribution in [3.63, 3.8) is 0 Å². The smallest absolute Gasteiger partial charge is 0.231 e. The standard InChI is InChI=1S/C21H25FO3/c1-12(2)13-7-15(18(23-6)10-17(13)22)14-8-19-20(25-11-24-19)9-16(14)21(3,4)5/h7-10,12H,11H2,1-6H3. The molecule has 25 heavy (non-hydrogen) atoms. The van der Waals surface area contributed by atoms with Crippen LogP contribution >= 0.6 is 0 Å². The van der Waals surface area contributed by atoms with Crippen molar-refractivity contribution in [3.8, 4) is 28.4 Å². The number of methoxy groups -OCH3 is 1. The molecule has 0 bridgehead atoms. The molecule has 0 amide bonds. The summed E-state index contributed by atoms with van der Waals surface area (Å²) in [5.74, 6) is 1.82. The molecule has 1 aliphatic rings. The zero-order valence-corrected chi connectivity index (χ0v) is 15.7. The van der Waals surface area contributed by atoms with E-state index in [0.29, 0.717) is 17.1 Å². The lowest BCUT2D eigenvalue weighted by molar-refractivity contribution is 0.174. The van der Waals surface area contributed by atoms with Gasteiger partial charge in [-0.3, -0.25) is 0 Å². The van der Waals surface area contributed by atoms with Crippen LogP contribution in [0.4, 0.5) is 4.39 Å². The quantitative estimate of drug-likeness (QED) is 0.720. The zero-order valence-electron chi connectivity index (χ0n) is 15.7. The lowest BCUT2D eigenvalue weighted by Gasteiger charge is -2.25. The number of fused-ring (bicyclic) bond motifs is 1. The van der Waals surface area contributed by atoms with Gasteiger partial charge in [-0.25, -0.2) is 4.39 Å². The molecule has 0 saturated heterocycles. The number of hydrogen-bond donors (Lipinski definition) is 0. The van der Waals surface area contributed by atoms with Gasteiger partial charge in [0.15, 0.2) is 11.5 Å². The largest absolute Gasteiger partial charge is 0.496 e. The van der Waals surface area contributed by atoms with E-state index in [1.807, 2.05) is 32.0 Å². The van der Waals surface area contributed by atoms with Crippen LogP contribution in [0.25, 0.3) is 11.1 Å². The fraction of sp³-hybridized carbons (Fsp3) is 0.429. The van der Waals surface area contributed by atoms with Gasteiger partial charge in [0.1, 0.15) is 11.6 Å². The lowest BCUT2D eigenvalue weighted by Crippen LogP contribution is -2.13. The Morgan fingerprint density at radius 2 is 1.64 bits per heavy atom. The number of rotatable bonds is 3. The highest BCUT2D eigenvalue weighted by molar-refractivity contribution is 5.78. The van der Waals surface area contributed by atoms with E-state index in [0.717, 1.165) is 22.4 Å². The topological polar surface area (TPSA) is 27.7 Å². The van der Waals surface area contributed by atoms with Crippen molar-refractivity contribution in [2.75, 3.05) is 13.9 Å². The maximum atomic E-state index is 14.4. The fourth-order valence-electron chi connectivity index (χ4n) is 3.18. The average Bonchev–Trinajstić information content (AvgIpc) is 2.99. The van der Waals surface area contributed by atoms with Crippen LogP contribution in [-0.4, -0.2) is 13.9 Å². The molecule has 2 aromatic carbocycles. The summed E-state index contributed by atoms with van der Waals surface area (Å²) < 4.78 is 31.0. The van der Waals surface area contributed by atoms with Gasteiger partial charge in [-0.15, -0.1) is 0 Å². The van der Waals surface area contributed by atoms with Crippen LogP contribution in [0, 0.1) is 5.82 Å². The van der Waals surface area contributed by atoms with Crippen molar-refractivity contribution in [3.05, 3.63) is 41.2 Å². The second-order valence-electron chi connectivity index (χ2n) is 7.73. The Kier molecular flexibility index (Phi) is 4.40. The van der Waals surface area contributed by atoms with E-state index in [9.17, 15) is 4.39 Å². The molecule has 1 heterocycles. The minimum atomic E-state index is -0.242. The van der Waals surface area contributed by atoms with Gasteiger partial charge in [-0.05, 0) is 46.2 Å². The first kappa shape index (κ1) is 17.6. The summed E-state index contributed by atoms with van der Waals surface area (Å²) in [5, 5.41) is 0. The number of halogens is 1. The Balaban J connectivity index is 2.30. The minimum Gasteiger partial charge on any atom is -0.496 e. The number of hydrogen-bond acceptors (Lipinski definition) is 3. The van der Waals surface area contributed by atoms with Gasteiger partial charge >= 0.3 is 0 Å². The Bertz CT molecular complexity index is 804. The van der Waals surface area contributed by atoms with E-state index in [1.54, 1.807) is 7.11 Å². The molecule has 2 aromatic rings. The highest BCUT2D eigenvalue weighted by Crippen LogP contribution is 2.46. The molecule has 0 atom stereocenters. The molecular formula is C21H25FO3. The molecule has 0 radical (unpaired) electrons. The molecule has 0 spiro atoms. The van der Waals surface area contributed by atoms with Crippen LogP contribution < -0.4 is 14.2 Å². The van der Waals surface area contributed by atoms with E-state index in [-0.39, 0.29) is 23.9 Å². The van der Waals surface area contributed by atoms with Gasteiger partial charge in [0, 0.05) is 11.6 Å². The van der Waals surface area contributed by atoms with Gasteiger partial charge in [0.2, 0.25) is 6.79 Å². The molecule has 0 fully saturated rings. The lowest BCUT2D eigenvalue weighted by atomic mass is 9.80. The average molecular weight is 344 g/mol. The van der Waals surface area contributed by atoms with Crippen molar-refractivity contribution in [1.29, 1.82) is 0 Å². The molecule has 1 aliphatic heterocycles. The second kappa shape index (κ2) is 6.25. The molecule has 0 aliphatic carbocycles. The normalized spacial score (nSPS) is 13.4. The first-order valence-corrected chi connectivity index (χ1v) is 8.54. The SMILES string of the molecule is COc1cc(F)c(C(C)C)cc1-c1cc2c(cc1C(C)(C)C)OCO2. The molecule has 0 aromatic heterocycles. The number of ether oxygens (including phenoxy) is 3. The van der Waals surface area contributed by atoms with Crippen molar-refractivity contribution < 1.29 is 18.6 Å². The van der Waals surface area contributed by atoms with Crippen molar-refractivity contribution >= 4 is 0 Å². The van der Waals surface area contributed by atoms with Gasteiger partial charge in [-0.1, -0.05) is 34.6 Å². The van der Waals surface area contributed by atoms with E-state index >= 15 is 0 Å². The molecule has 3 nitrogen and oxygen atoms in total. The summed E-state index contributed by atoms with van der Waals surface area (Å²) >= 11 is 0. The Morgan fingerprint density at radius 3 is 2.20 bits per heavy atom. The summed E-state index contributed by atoms with van der Waals surface area (Å²) in [6.07, 6.45) is 0. The summed E-state index contributed by atoms with van der Waals surface area (Å²) in [5.41, 5.74) is 3.52. The fourth-order valence-corrected chi connectivity index (χ4v) is 3.18. The third-order valence-electron chi connectivity index (χ3n) is 4.55. The van der Waals surface area contributed by atoms with Gasteiger partial charge in [0.05, 0.1) is 7.11 Å². The Morgan fingerprint density at radius 1 is 1.00 bits per heavy atom. The van der Waals surface area contributed by atoms with Crippen LogP contribution in [0.5, 0.6) is 17.2 Å². The first-order valence-electron chi connectivity index (χ1n) is 8.54. The van der Waals surface area contributed by atoms with E-state index in [2.05, 4.69) is 20.8 Å². The molecule has 3 rings (SSSR count). The zero-order chi connectivity index (χ0) is 18.4. The minimum absolute atomic E-state index is 0.0803. The Hall–Kier alpha value is -2.23. The van der Waals surface area contributed by atoms with Gasteiger partial charge in [-0.2, -0.15) is 0 Å². The van der Waals surface area contributed by atoms with Crippen LogP contribution in [0.2, 0.25) is 0 Å². The predicted octanol–water partition coefficient (Wildman–Crippen LogP) is 5.65. The van der Waals surface area contributed by atoms with Crippen LogP contribution in [0.1, 0.15) is 51.7 Å². The summed E-state index contributed by atoms with van der Waals surface area (Å²) in [4.78, 5) is 0. The van der Waals surface area contributed by atoms with Crippen LogP contribution in [-0.2, 0) is 5.41 Å². The monoisotopic (exact) mass is 344 g/mol. The summed E-state index contributed by atoms with van der Waals surface area (Å²) in [6.45, 7) is 10.6. The maximum absolute atomic E-state index is 14.4. The molecule has 0 saturated carbocycles. The first-order chi connectivity index (χ1) is 11.7. The number of benzene rings is 2. The van der Waals surface area contributed by atoms with Crippen LogP contribution in [0.3, 0.4) is 0 Å². The van der Waals surface area contributed by atoms with Crippen molar-refractivity contribution in [2.45, 2.75) is 46.0 Å². The van der Waals surface area contributed by atoms with Gasteiger partial charge < -0.3 is 14.2 Å². The van der Waals surface area contributed by atoms with Crippen molar-refractivity contribution in [2.24, 2.45) is 0 Å². The van der Waals surface area contributed by atoms with Crippen LogP contribution in [0.15, 0.2) is 24.3 Å². The maximum Gasteiger partial charge on any atom is 0.231 e. The molecule has 0 unspecified atom stereocenters.